The van der Waals surface area contributed by atoms with E-state index in [2.05, 4.69) is 4.74 Å². The van der Waals surface area contributed by atoms with E-state index in [0.717, 1.165) is 25.3 Å². The van der Waals surface area contributed by atoms with E-state index in [4.69, 9.17) is 21.5 Å². The van der Waals surface area contributed by atoms with Crippen molar-refractivity contribution in [2.75, 3.05) is 12.3 Å². The summed E-state index contributed by atoms with van der Waals surface area (Å²) in [4.78, 5) is 12.7. The molecule has 0 radical (unpaired) electrons. The van der Waals surface area contributed by atoms with Crippen LogP contribution in [0.2, 0.25) is 5.02 Å². The van der Waals surface area contributed by atoms with Gasteiger partial charge in [0.15, 0.2) is 11.5 Å². The third-order valence-corrected chi connectivity index (χ3v) is 4.93. The van der Waals surface area contributed by atoms with Crippen molar-refractivity contribution in [3.8, 4) is 11.5 Å². The van der Waals surface area contributed by atoms with Crippen LogP contribution in [0.1, 0.15) is 21.5 Å². The highest BCUT2D eigenvalue weighted by Crippen LogP contribution is 2.54. The molecule has 1 N–H and O–H groups in total. The predicted octanol–water partition coefficient (Wildman–Crippen LogP) is 6.36. The van der Waals surface area contributed by atoms with Gasteiger partial charge in [-0.3, -0.25) is 10.0 Å². The van der Waals surface area contributed by atoms with Gasteiger partial charge in [-0.2, -0.15) is 35.1 Å². The largest absolute Gasteiger partial charge is 0.733 e. The molecule has 0 unspecified atom stereocenters. The number of carbonyl (C=O) groups is 1. The fourth-order valence-corrected chi connectivity index (χ4v) is 3.31. The maximum atomic E-state index is 14.4. The van der Waals surface area contributed by atoms with Crippen molar-refractivity contribution in [3.63, 3.8) is 0 Å². The van der Waals surface area contributed by atoms with Crippen LogP contribution < -0.4 is 14.7 Å². The number of carbonyl (C=O) groups excluding carboxylic acids is 1. The third-order valence-electron chi connectivity index (χ3n) is 4.59. The fraction of sp³-hybridized carbons (Fsp3) is 0.316. The van der Waals surface area contributed by atoms with Crippen LogP contribution in [0, 0.1) is 5.21 Å². The number of methoxy groups -OCH3 is 1. The molecule has 0 saturated carbocycles. The summed E-state index contributed by atoms with van der Waals surface area (Å²) >= 11 is 5.70. The third kappa shape index (κ3) is 5.51. The summed E-state index contributed by atoms with van der Waals surface area (Å²) in [6, 6.07) is 2.75. The molecular weight excluding hydrogens is 529 g/mol. The highest BCUT2D eigenvalue weighted by molar-refractivity contribution is 6.32. The number of para-hydroxylation sites is 1. The quantitative estimate of drug-likeness (QED) is 0.238. The molecule has 0 bridgehead atoms. The number of benzene rings is 2. The molecule has 0 aromatic heterocycles. The molecule has 0 aliphatic rings. The van der Waals surface area contributed by atoms with Crippen molar-refractivity contribution in [1.29, 1.82) is 0 Å². The van der Waals surface area contributed by atoms with Gasteiger partial charge >= 0.3 is 24.6 Å². The molecule has 0 aliphatic heterocycles. The van der Waals surface area contributed by atoms with Gasteiger partial charge in [-0.15, -0.1) is 0 Å². The monoisotopic (exact) mass is 540 g/mol. The number of rotatable bonds is 8. The van der Waals surface area contributed by atoms with Crippen molar-refractivity contribution in [2.24, 2.45) is 0 Å². The number of hydrogen-bond acceptors (Lipinski definition) is 6. The Balaban J connectivity index is 2.67. The summed E-state index contributed by atoms with van der Waals surface area (Å²) in [6.45, 7) is -3.82. The van der Waals surface area contributed by atoms with E-state index >= 15 is 0 Å². The minimum atomic E-state index is -6.57. The lowest BCUT2D eigenvalue weighted by molar-refractivity contribution is -0.348. The number of ketones is 1. The lowest BCUT2D eigenvalue weighted by Crippen LogP contribution is -2.50. The van der Waals surface area contributed by atoms with Crippen molar-refractivity contribution in [3.05, 3.63) is 57.3 Å². The van der Waals surface area contributed by atoms with Crippen LogP contribution in [0.15, 0.2) is 30.3 Å². The SMILES string of the molecule is COc1c(C(=O)Cc2c(Cl)cc(C(F)(C(F)(F)F)C(F)(F)F)cc2OC(F)F)cccc1N([O-])O. The number of Topliss-reactive ketones (excluding diaryl/α,β-unsaturated/α-hetero) is 1. The van der Waals surface area contributed by atoms with Gasteiger partial charge in [0.1, 0.15) is 5.75 Å². The Morgan fingerprint density at radius 2 is 1.69 bits per heavy atom. The van der Waals surface area contributed by atoms with Gasteiger partial charge in [0, 0.05) is 22.6 Å². The average Bonchev–Trinajstić information content (AvgIpc) is 2.72. The Morgan fingerprint density at radius 1 is 1.11 bits per heavy atom. The van der Waals surface area contributed by atoms with Crippen LogP contribution in [-0.4, -0.2) is 37.1 Å². The first-order valence-corrected chi connectivity index (χ1v) is 9.29. The zero-order valence-corrected chi connectivity index (χ0v) is 17.7. The molecule has 0 saturated heterocycles. The zero-order chi connectivity index (χ0) is 26.9. The molecule has 0 atom stereocenters. The maximum Gasteiger partial charge on any atom is 0.435 e. The minimum Gasteiger partial charge on any atom is -0.733 e. The van der Waals surface area contributed by atoms with Crippen molar-refractivity contribution >= 4 is 23.1 Å². The molecule has 2 aromatic carbocycles. The molecule has 0 aliphatic carbocycles. The number of ether oxygens (including phenoxy) is 2. The molecule has 2 aromatic rings. The molecule has 194 valence electrons. The Bertz CT molecular complexity index is 1080. The number of halogens is 10. The van der Waals surface area contributed by atoms with E-state index in [1.54, 1.807) is 0 Å². The van der Waals surface area contributed by atoms with Gasteiger partial charge in [0.25, 0.3) is 0 Å². The second kappa shape index (κ2) is 9.99. The number of nitrogens with zero attached hydrogens (tertiary/aromatic N) is 1. The highest BCUT2D eigenvalue weighted by atomic mass is 35.5. The summed E-state index contributed by atoms with van der Waals surface area (Å²) in [7, 11) is 0.987. The molecule has 35 heavy (non-hydrogen) atoms. The maximum absolute atomic E-state index is 14.4. The first kappa shape index (κ1) is 28.3. The lowest BCUT2D eigenvalue weighted by Gasteiger charge is -2.31. The number of alkyl halides is 9. The summed E-state index contributed by atoms with van der Waals surface area (Å²) < 4.78 is 127. The molecule has 0 heterocycles. The van der Waals surface area contributed by atoms with Crippen LogP contribution in [0.3, 0.4) is 0 Å². The van der Waals surface area contributed by atoms with E-state index in [1.807, 2.05) is 0 Å². The van der Waals surface area contributed by atoms with Gasteiger partial charge in [-0.25, -0.2) is 4.39 Å². The van der Waals surface area contributed by atoms with Crippen molar-refractivity contribution < 1.29 is 59.0 Å². The number of hydrogen-bond donors (Lipinski definition) is 1. The van der Waals surface area contributed by atoms with Crippen molar-refractivity contribution in [2.45, 2.75) is 31.1 Å². The van der Waals surface area contributed by atoms with Crippen LogP contribution >= 0.6 is 11.6 Å². The standard InChI is InChI=1S/C19H12ClF9NO5/c1-34-15-9(3-2-4-12(15)30(32)33)13(31)7-10-11(20)5-8(6-14(10)35-16(21)22)17(23,18(24,25)26)19(27,28)29/h2-6,16,32H,7H2,1H3/q-1. The van der Waals surface area contributed by atoms with Gasteiger partial charge in [-0.1, -0.05) is 17.7 Å². The lowest BCUT2D eigenvalue weighted by atomic mass is 9.91. The summed E-state index contributed by atoms with van der Waals surface area (Å²) in [5.41, 5.74) is -10.1. The first-order chi connectivity index (χ1) is 16.0. The molecule has 16 heteroatoms. The van der Waals surface area contributed by atoms with E-state index in [9.17, 15) is 49.5 Å². The molecule has 0 spiro atoms. The summed E-state index contributed by atoms with van der Waals surface area (Å²) in [6.07, 6.45) is -14.2. The first-order valence-electron chi connectivity index (χ1n) is 8.92. The van der Waals surface area contributed by atoms with Gasteiger partial charge in [0.05, 0.1) is 18.4 Å². The molecule has 0 fully saturated rings. The molecule has 2 rings (SSSR count). The van der Waals surface area contributed by atoms with Gasteiger partial charge in [0.2, 0.25) is 0 Å². The van der Waals surface area contributed by atoms with Crippen LogP contribution in [-0.2, 0) is 12.1 Å². The Hall–Kier alpha value is -2.91. The number of anilines is 1. The molecular formula is C19H12ClF9NO5-. The van der Waals surface area contributed by atoms with Gasteiger partial charge in [-0.05, 0) is 24.3 Å². The Kier molecular flexibility index (Phi) is 8.08. The predicted molar refractivity (Wildman–Crippen MR) is 102 cm³/mol. The average molecular weight is 541 g/mol. The van der Waals surface area contributed by atoms with Crippen LogP contribution in [0.5, 0.6) is 11.5 Å². The van der Waals surface area contributed by atoms with E-state index in [1.165, 1.54) is 0 Å². The topological polar surface area (TPSA) is 82.1 Å². The fourth-order valence-electron chi connectivity index (χ4n) is 3.04. The van der Waals surface area contributed by atoms with Crippen LogP contribution in [0.25, 0.3) is 0 Å². The summed E-state index contributed by atoms with van der Waals surface area (Å²) in [5.74, 6) is -3.04. The smallest absolute Gasteiger partial charge is 0.435 e. The highest BCUT2D eigenvalue weighted by Gasteiger charge is 2.73. The van der Waals surface area contributed by atoms with Crippen LogP contribution in [0.4, 0.5) is 45.2 Å². The minimum absolute atomic E-state index is 0.121. The zero-order valence-electron chi connectivity index (χ0n) is 17.0. The molecule has 0 amide bonds. The van der Waals surface area contributed by atoms with E-state index < -0.39 is 81.0 Å². The Labute approximate surface area is 194 Å². The van der Waals surface area contributed by atoms with Gasteiger partial charge < -0.3 is 19.9 Å². The second-order valence-corrected chi connectivity index (χ2v) is 7.11. The summed E-state index contributed by atoms with van der Waals surface area (Å²) in [5, 5.41) is 18.5. The molecule has 6 nitrogen and oxygen atoms in total. The Morgan fingerprint density at radius 3 is 2.14 bits per heavy atom. The van der Waals surface area contributed by atoms with E-state index in [-0.39, 0.29) is 12.1 Å². The van der Waals surface area contributed by atoms with E-state index in [0.29, 0.717) is 0 Å². The second-order valence-electron chi connectivity index (χ2n) is 6.70. The van der Waals surface area contributed by atoms with Crippen molar-refractivity contribution in [1.82, 2.24) is 0 Å². The normalized spacial score (nSPS) is 12.6.